The number of rotatable bonds is 5. The summed E-state index contributed by atoms with van der Waals surface area (Å²) in [4.78, 5) is 17.8. The number of aldehydes is 1. The molecule has 3 aliphatic rings. The van der Waals surface area contributed by atoms with Crippen molar-refractivity contribution < 1.29 is 9.53 Å². The highest BCUT2D eigenvalue weighted by Gasteiger charge is 2.54. The molecule has 0 unspecified atom stereocenters. The molecule has 4 rings (SSSR count). The second kappa shape index (κ2) is 6.47. The smallest absolute Gasteiger partial charge is 0.213 e. The number of carbonyl (C=O) groups excluding carboxylic acids is 1. The summed E-state index contributed by atoms with van der Waals surface area (Å²) in [7, 11) is 0. The van der Waals surface area contributed by atoms with E-state index in [4.69, 9.17) is 4.74 Å². The number of piperidine rings is 1. The summed E-state index contributed by atoms with van der Waals surface area (Å²) < 4.78 is 5.86. The largest absolute Gasteiger partial charge is 0.477 e. The van der Waals surface area contributed by atoms with Crippen molar-refractivity contribution >= 4 is 6.29 Å². The molecular formula is C20H28N2O2. The zero-order valence-electron chi connectivity index (χ0n) is 14.6. The molecule has 1 aliphatic heterocycles. The molecular weight excluding hydrogens is 300 g/mol. The van der Waals surface area contributed by atoms with Gasteiger partial charge in [0.05, 0.1) is 6.61 Å². The third kappa shape index (κ3) is 3.21. The summed E-state index contributed by atoms with van der Waals surface area (Å²) in [6.07, 6.45) is 10.4. The quantitative estimate of drug-likeness (QED) is 0.778. The van der Waals surface area contributed by atoms with E-state index in [1.807, 2.05) is 25.3 Å². The van der Waals surface area contributed by atoms with E-state index in [0.29, 0.717) is 17.3 Å². The van der Waals surface area contributed by atoms with Crippen molar-refractivity contribution in [1.29, 1.82) is 0 Å². The van der Waals surface area contributed by atoms with Gasteiger partial charge in [-0.15, -0.1) is 0 Å². The first kappa shape index (κ1) is 16.1. The molecule has 0 bridgehead atoms. The monoisotopic (exact) mass is 328 g/mol. The summed E-state index contributed by atoms with van der Waals surface area (Å²) in [5, 5.41) is 0. The minimum absolute atomic E-state index is 0.365. The zero-order valence-corrected chi connectivity index (χ0v) is 14.6. The number of aryl methyl sites for hydroxylation is 1. The van der Waals surface area contributed by atoms with Gasteiger partial charge in [-0.2, -0.15) is 0 Å². The Morgan fingerprint density at radius 2 is 2.00 bits per heavy atom. The normalized spacial score (nSPS) is 33.7. The third-order valence-corrected chi connectivity index (χ3v) is 6.44. The second-order valence-electron chi connectivity index (χ2n) is 8.33. The molecule has 4 nitrogen and oxygen atoms in total. The van der Waals surface area contributed by atoms with E-state index in [1.54, 1.807) is 0 Å². The highest BCUT2D eigenvalue weighted by atomic mass is 16.5. The Morgan fingerprint density at radius 3 is 2.62 bits per heavy atom. The number of ether oxygens (including phenoxy) is 1. The Morgan fingerprint density at radius 1 is 1.25 bits per heavy atom. The molecule has 0 atom stereocenters. The van der Waals surface area contributed by atoms with Crippen LogP contribution in [0.5, 0.6) is 5.88 Å². The van der Waals surface area contributed by atoms with Gasteiger partial charge in [0.1, 0.15) is 6.29 Å². The molecule has 1 saturated heterocycles. The van der Waals surface area contributed by atoms with Crippen LogP contribution < -0.4 is 4.74 Å². The van der Waals surface area contributed by atoms with Crippen molar-refractivity contribution in [3.05, 3.63) is 23.9 Å². The standard InChI is InChI=1S/C20H28N2O2/c1-15-2-3-19(21-12-15)24-14-16-4-6-22(7-5-16)18-10-20(11-18)8-17(9-20)13-23/h2-3,12-13,16-18H,4-11,14H2,1H3. The van der Waals surface area contributed by atoms with E-state index < -0.39 is 0 Å². The number of carbonyl (C=O) groups is 1. The van der Waals surface area contributed by atoms with Crippen LogP contribution in [0, 0.1) is 24.2 Å². The van der Waals surface area contributed by atoms with Gasteiger partial charge in [-0.3, -0.25) is 0 Å². The maximum Gasteiger partial charge on any atom is 0.213 e. The lowest BCUT2D eigenvalue weighted by Crippen LogP contribution is -2.57. The van der Waals surface area contributed by atoms with E-state index in [1.165, 1.54) is 44.3 Å². The van der Waals surface area contributed by atoms with E-state index in [9.17, 15) is 4.79 Å². The van der Waals surface area contributed by atoms with Crippen molar-refractivity contribution in [2.45, 2.75) is 51.5 Å². The van der Waals surface area contributed by atoms with E-state index >= 15 is 0 Å². The predicted octanol–water partition coefficient (Wildman–Crippen LogP) is 3.24. The molecule has 0 N–H and O–H groups in total. The van der Waals surface area contributed by atoms with Gasteiger partial charge in [0.25, 0.3) is 0 Å². The van der Waals surface area contributed by atoms with Crippen LogP contribution in [0.15, 0.2) is 18.3 Å². The fraction of sp³-hybridized carbons (Fsp3) is 0.700. The number of hydrogen-bond donors (Lipinski definition) is 0. The van der Waals surface area contributed by atoms with Crippen molar-refractivity contribution in [3.63, 3.8) is 0 Å². The maximum absolute atomic E-state index is 10.8. The predicted molar refractivity (Wildman–Crippen MR) is 93.0 cm³/mol. The molecule has 2 aliphatic carbocycles. The Hall–Kier alpha value is -1.42. The topological polar surface area (TPSA) is 42.4 Å². The summed E-state index contributed by atoms with van der Waals surface area (Å²) in [6.45, 7) is 5.24. The van der Waals surface area contributed by atoms with Crippen LogP contribution in [0.3, 0.4) is 0 Å². The average Bonchev–Trinajstić information content (AvgIpc) is 2.53. The molecule has 1 aromatic heterocycles. The first-order valence-electron chi connectivity index (χ1n) is 9.41. The lowest BCUT2D eigenvalue weighted by molar-refractivity contribution is -0.130. The van der Waals surface area contributed by atoms with Crippen molar-refractivity contribution in [2.75, 3.05) is 19.7 Å². The lowest BCUT2D eigenvalue weighted by atomic mass is 9.50. The molecule has 2 heterocycles. The SMILES string of the molecule is Cc1ccc(OCC2CCN(C3CC4(CC(C=O)C4)C3)CC2)nc1. The number of aromatic nitrogens is 1. The number of hydrogen-bond acceptors (Lipinski definition) is 4. The summed E-state index contributed by atoms with van der Waals surface area (Å²) in [6, 6.07) is 4.79. The van der Waals surface area contributed by atoms with Crippen LogP contribution in [-0.4, -0.2) is 41.9 Å². The molecule has 0 aromatic carbocycles. The molecule has 1 aromatic rings. The van der Waals surface area contributed by atoms with Crippen molar-refractivity contribution in [2.24, 2.45) is 17.3 Å². The van der Waals surface area contributed by atoms with Gasteiger partial charge >= 0.3 is 0 Å². The van der Waals surface area contributed by atoms with Gasteiger partial charge in [-0.05, 0) is 75.4 Å². The summed E-state index contributed by atoms with van der Waals surface area (Å²) >= 11 is 0. The van der Waals surface area contributed by atoms with Crippen LogP contribution in [0.2, 0.25) is 0 Å². The summed E-state index contributed by atoms with van der Waals surface area (Å²) in [5.74, 6) is 1.77. The first-order valence-corrected chi connectivity index (χ1v) is 9.41. The average molecular weight is 328 g/mol. The van der Waals surface area contributed by atoms with Gasteiger partial charge in [0.2, 0.25) is 5.88 Å². The summed E-state index contributed by atoms with van der Waals surface area (Å²) in [5.41, 5.74) is 1.72. The van der Waals surface area contributed by atoms with Crippen LogP contribution in [0.1, 0.15) is 44.1 Å². The fourth-order valence-corrected chi connectivity index (χ4v) is 4.91. The highest BCUT2D eigenvalue weighted by Crippen LogP contribution is 2.59. The first-order chi connectivity index (χ1) is 11.7. The van der Waals surface area contributed by atoms with Crippen LogP contribution in [-0.2, 0) is 4.79 Å². The maximum atomic E-state index is 10.8. The molecule has 0 radical (unpaired) electrons. The van der Waals surface area contributed by atoms with Gasteiger partial charge < -0.3 is 14.4 Å². The molecule has 3 fully saturated rings. The third-order valence-electron chi connectivity index (χ3n) is 6.44. The van der Waals surface area contributed by atoms with Gasteiger partial charge in [0, 0.05) is 24.2 Å². The molecule has 1 spiro atoms. The number of likely N-dealkylation sites (tertiary alicyclic amines) is 1. The van der Waals surface area contributed by atoms with Crippen LogP contribution in [0.25, 0.3) is 0 Å². The Labute approximate surface area is 144 Å². The minimum Gasteiger partial charge on any atom is -0.477 e. The Balaban J connectivity index is 1.17. The molecule has 2 saturated carbocycles. The van der Waals surface area contributed by atoms with Gasteiger partial charge in [-0.1, -0.05) is 6.07 Å². The van der Waals surface area contributed by atoms with E-state index in [0.717, 1.165) is 37.7 Å². The number of nitrogens with zero attached hydrogens (tertiary/aromatic N) is 2. The van der Waals surface area contributed by atoms with Crippen molar-refractivity contribution in [1.82, 2.24) is 9.88 Å². The van der Waals surface area contributed by atoms with E-state index in [2.05, 4.69) is 9.88 Å². The number of pyridine rings is 1. The lowest BCUT2D eigenvalue weighted by Gasteiger charge is -2.59. The zero-order chi connectivity index (χ0) is 16.6. The molecule has 4 heteroatoms. The fourth-order valence-electron chi connectivity index (χ4n) is 4.91. The van der Waals surface area contributed by atoms with Gasteiger partial charge in [0.15, 0.2) is 0 Å². The van der Waals surface area contributed by atoms with Crippen LogP contribution in [0.4, 0.5) is 0 Å². The highest BCUT2D eigenvalue weighted by molar-refractivity contribution is 5.56. The Bertz CT molecular complexity index is 564. The second-order valence-corrected chi connectivity index (χ2v) is 8.33. The molecule has 130 valence electrons. The van der Waals surface area contributed by atoms with Crippen LogP contribution >= 0.6 is 0 Å². The molecule has 24 heavy (non-hydrogen) atoms. The van der Waals surface area contributed by atoms with E-state index in [-0.39, 0.29) is 0 Å². The molecule has 0 amide bonds. The van der Waals surface area contributed by atoms with Crippen molar-refractivity contribution in [3.8, 4) is 5.88 Å². The van der Waals surface area contributed by atoms with Gasteiger partial charge in [-0.25, -0.2) is 4.98 Å². The Kier molecular flexibility index (Phi) is 4.33. The minimum atomic E-state index is 0.365.